The van der Waals surface area contributed by atoms with Crippen LogP contribution in [0.3, 0.4) is 0 Å². The molecule has 0 fully saturated rings. The van der Waals surface area contributed by atoms with Crippen LogP contribution in [0.15, 0.2) is 12.1 Å². The lowest BCUT2D eigenvalue weighted by Gasteiger charge is -2.22. The molecule has 0 aromatic carbocycles. The van der Waals surface area contributed by atoms with Crippen LogP contribution in [0.1, 0.15) is 32.0 Å². The Kier molecular flexibility index (Phi) is 7.68. The lowest BCUT2D eigenvalue weighted by Crippen LogP contribution is -2.29. The fraction of sp³-hybridized carbons (Fsp3) is 0.706. The van der Waals surface area contributed by atoms with Crippen LogP contribution >= 0.6 is 0 Å². The van der Waals surface area contributed by atoms with Gasteiger partial charge in [-0.25, -0.2) is 4.98 Å². The van der Waals surface area contributed by atoms with Crippen LogP contribution in [-0.4, -0.2) is 50.7 Å². The molecular formula is C17H32N4. The lowest BCUT2D eigenvalue weighted by atomic mass is 10.1. The number of hydrogen-bond acceptors (Lipinski definition) is 4. The number of aryl methyl sites for hydroxylation is 1. The van der Waals surface area contributed by atoms with Gasteiger partial charge in [-0.15, -0.1) is 0 Å². The first-order chi connectivity index (χ1) is 9.92. The minimum atomic E-state index is 0.680. The minimum Gasteiger partial charge on any atom is -0.358 e. The third-order valence-corrected chi connectivity index (χ3v) is 3.44. The largest absolute Gasteiger partial charge is 0.358 e. The van der Waals surface area contributed by atoms with E-state index >= 15 is 0 Å². The Bertz CT molecular complexity index is 415. The maximum atomic E-state index is 4.75. The average Bonchev–Trinajstić information content (AvgIpc) is 2.43. The summed E-state index contributed by atoms with van der Waals surface area (Å²) in [4.78, 5) is 9.19. The molecule has 0 radical (unpaired) electrons. The molecule has 0 atom stereocenters. The second-order valence-electron chi connectivity index (χ2n) is 6.43. The zero-order valence-electron chi connectivity index (χ0n) is 14.6. The van der Waals surface area contributed by atoms with Crippen molar-refractivity contribution in [2.45, 2.75) is 33.7 Å². The summed E-state index contributed by atoms with van der Waals surface area (Å²) in [5, 5.41) is 3.51. The second kappa shape index (κ2) is 9.00. The number of anilines is 1. The Morgan fingerprint density at radius 3 is 2.43 bits per heavy atom. The first kappa shape index (κ1) is 17.9. The molecule has 0 spiro atoms. The van der Waals surface area contributed by atoms with Crippen LogP contribution in [0, 0.1) is 5.92 Å². The fourth-order valence-electron chi connectivity index (χ4n) is 2.08. The highest BCUT2D eigenvalue weighted by atomic mass is 15.2. The molecule has 1 aromatic heterocycles. The summed E-state index contributed by atoms with van der Waals surface area (Å²) in [7, 11) is 6.33. The van der Waals surface area contributed by atoms with E-state index < -0.39 is 0 Å². The van der Waals surface area contributed by atoms with E-state index in [0.717, 1.165) is 38.4 Å². The van der Waals surface area contributed by atoms with E-state index in [1.54, 1.807) is 0 Å². The van der Waals surface area contributed by atoms with E-state index in [0.29, 0.717) is 5.92 Å². The van der Waals surface area contributed by atoms with Crippen LogP contribution in [0.5, 0.6) is 0 Å². The Balaban J connectivity index is 2.74. The number of hydrogen-bond donors (Lipinski definition) is 1. The molecule has 1 heterocycles. The van der Waals surface area contributed by atoms with Crippen molar-refractivity contribution in [1.29, 1.82) is 0 Å². The van der Waals surface area contributed by atoms with Crippen molar-refractivity contribution in [3.63, 3.8) is 0 Å². The SMILES string of the molecule is CCc1cc(CNCC(C)C)cc(N(C)CCN(C)C)n1. The third-order valence-electron chi connectivity index (χ3n) is 3.44. The van der Waals surface area contributed by atoms with Crippen LogP contribution in [0.2, 0.25) is 0 Å². The minimum absolute atomic E-state index is 0.680. The van der Waals surface area contributed by atoms with Crippen molar-refractivity contribution in [2.24, 2.45) is 5.92 Å². The van der Waals surface area contributed by atoms with Crippen molar-refractivity contribution in [3.8, 4) is 0 Å². The average molecular weight is 292 g/mol. The number of nitrogens with zero attached hydrogens (tertiary/aromatic N) is 3. The quantitative estimate of drug-likeness (QED) is 0.757. The molecule has 1 aromatic rings. The van der Waals surface area contributed by atoms with E-state index in [2.05, 4.69) is 69.2 Å². The molecule has 0 aliphatic carbocycles. The maximum Gasteiger partial charge on any atom is 0.128 e. The van der Waals surface area contributed by atoms with Gasteiger partial charge in [0.05, 0.1) is 0 Å². The smallest absolute Gasteiger partial charge is 0.128 e. The van der Waals surface area contributed by atoms with E-state index in [1.807, 2.05) is 0 Å². The van der Waals surface area contributed by atoms with Crippen LogP contribution in [0.4, 0.5) is 5.82 Å². The van der Waals surface area contributed by atoms with E-state index in [4.69, 9.17) is 4.98 Å². The second-order valence-corrected chi connectivity index (χ2v) is 6.43. The summed E-state index contributed by atoms with van der Waals surface area (Å²) in [6.07, 6.45) is 0.979. The van der Waals surface area contributed by atoms with E-state index in [9.17, 15) is 0 Å². The van der Waals surface area contributed by atoms with Crippen molar-refractivity contribution in [1.82, 2.24) is 15.2 Å². The number of pyridine rings is 1. The molecule has 0 saturated heterocycles. The zero-order chi connectivity index (χ0) is 15.8. The first-order valence-corrected chi connectivity index (χ1v) is 7.98. The Hall–Kier alpha value is -1.13. The predicted octanol–water partition coefficient (Wildman–Crippen LogP) is 2.39. The van der Waals surface area contributed by atoms with Gasteiger partial charge < -0.3 is 15.1 Å². The molecule has 4 heteroatoms. The van der Waals surface area contributed by atoms with Gasteiger partial charge >= 0.3 is 0 Å². The number of rotatable bonds is 9. The highest BCUT2D eigenvalue weighted by Gasteiger charge is 2.07. The van der Waals surface area contributed by atoms with Crippen molar-refractivity contribution < 1.29 is 0 Å². The summed E-state index contributed by atoms with van der Waals surface area (Å²) in [6.45, 7) is 10.6. The Morgan fingerprint density at radius 2 is 1.86 bits per heavy atom. The van der Waals surface area contributed by atoms with Gasteiger partial charge in [0.2, 0.25) is 0 Å². The van der Waals surface area contributed by atoms with Gasteiger partial charge in [0, 0.05) is 32.4 Å². The molecule has 1 rings (SSSR count). The summed E-state index contributed by atoms with van der Waals surface area (Å²) in [5.74, 6) is 1.76. The molecule has 0 aliphatic rings. The fourth-order valence-corrected chi connectivity index (χ4v) is 2.08. The summed E-state index contributed by atoms with van der Waals surface area (Å²) >= 11 is 0. The van der Waals surface area contributed by atoms with Gasteiger partial charge in [-0.3, -0.25) is 0 Å². The van der Waals surface area contributed by atoms with Gasteiger partial charge in [-0.05, 0) is 50.7 Å². The molecule has 0 bridgehead atoms. The maximum absolute atomic E-state index is 4.75. The van der Waals surface area contributed by atoms with Gasteiger partial charge in [0.15, 0.2) is 0 Å². The molecule has 21 heavy (non-hydrogen) atoms. The molecule has 0 saturated carbocycles. The van der Waals surface area contributed by atoms with Crippen molar-refractivity contribution >= 4 is 5.82 Å². The highest BCUT2D eigenvalue weighted by molar-refractivity contribution is 5.42. The van der Waals surface area contributed by atoms with E-state index in [1.165, 1.54) is 11.3 Å². The van der Waals surface area contributed by atoms with E-state index in [-0.39, 0.29) is 0 Å². The molecule has 4 nitrogen and oxygen atoms in total. The first-order valence-electron chi connectivity index (χ1n) is 7.98. The molecule has 0 aliphatic heterocycles. The lowest BCUT2D eigenvalue weighted by molar-refractivity contribution is 0.416. The molecule has 0 amide bonds. The van der Waals surface area contributed by atoms with Crippen LogP contribution in [0.25, 0.3) is 0 Å². The van der Waals surface area contributed by atoms with Crippen LogP contribution in [-0.2, 0) is 13.0 Å². The predicted molar refractivity (Wildman–Crippen MR) is 92.0 cm³/mol. The highest BCUT2D eigenvalue weighted by Crippen LogP contribution is 2.15. The van der Waals surface area contributed by atoms with Crippen molar-refractivity contribution in [2.75, 3.05) is 45.7 Å². The molecular weight excluding hydrogens is 260 g/mol. The summed E-state index contributed by atoms with van der Waals surface area (Å²) < 4.78 is 0. The number of aromatic nitrogens is 1. The van der Waals surface area contributed by atoms with Gasteiger partial charge in [-0.2, -0.15) is 0 Å². The van der Waals surface area contributed by atoms with Gasteiger partial charge in [0.1, 0.15) is 5.82 Å². The number of likely N-dealkylation sites (N-methyl/N-ethyl adjacent to an activating group) is 2. The molecule has 120 valence electrons. The Labute approximate surface area is 130 Å². The zero-order valence-corrected chi connectivity index (χ0v) is 14.6. The Morgan fingerprint density at radius 1 is 1.14 bits per heavy atom. The topological polar surface area (TPSA) is 31.4 Å². The number of nitrogens with one attached hydrogen (secondary N) is 1. The van der Waals surface area contributed by atoms with Gasteiger partial charge in [0.25, 0.3) is 0 Å². The summed E-state index contributed by atoms with van der Waals surface area (Å²) in [5.41, 5.74) is 2.50. The third kappa shape index (κ3) is 6.91. The normalized spacial score (nSPS) is 11.4. The molecule has 0 unspecified atom stereocenters. The van der Waals surface area contributed by atoms with Gasteiger partial charge in [-0.1, -0.05) is 20.8 Å². The van der Waals surface area contributed by atoms with Crippen LogP contribution < -0.4 is 10.2 Å². The standard InChI is InChI=1S/C17H32N4/c1-7-16-10-15(13-18-12-14(2)3)11-17(19-16)21(6)9-8-20(4)5/h10-11,14,18H,7-9,12-13H2,1-6H3. The summed E-state index contributed by atoms with van der Waals surface area (Å²) in [6, 6.07) is 4.43. The molecule has 1 N–H and O–H groups in total. The monoisotopic (exact) mass is 292 g/mol. The van der Waals surface area contributed by atoms with Crippen molar-refractivity contribution in [3.05, 3.63) is 23.4 Å².